The molecule has 1 heterocycles. The van der Waals surface area contributed by atoms with Crippen molar-refractivity contribution in [2.75, 3.05) is 14.1 Å². The quantitative estimate of drug-likeness (QED) is 0.417. The zero-order valence-electron chi connectivity index (χ0n) is 16.3. The van der Waals surface area contributed by atoms with Crippen LogP contribution in [-0.4, -0.2) is 55.7 Å². The molecule has 0 N–H and O–H groups in total. The normalized spacial score (nSPS) is 19.3. The summed E-state index contributed by atoms with van der Waals surface area (Å²) in [7, 11) is 3.10. The minimum absolute atomic E-state index is 0.0226. The summed E-state index contributed by atoms with van der Waals surface area (Å²) in [4.78, 5) is 42.9. The predicted molar refractivity (Wildman–Crippen MR) is 102 cm³/mol. The van der Waals surface area contributed by atoms with Crippen molar-refractivity contribution in [1.29, 1.82) is 0 Å². The van der Waals surface area contributed by atoms with Crippen LogP contribution >= 0.6 is 23.7 Å². The largest absolute Gasteiger partial charge is 0.445 e. The van der Waals surface area contributed by atoms with Crippen molar-refractivity contribution >= 4 is 46.7 Å². The second kappa shape index (κ2) is 7.19. The van der Waals surface area contributed by atoms with Crippen LogP contribution in [0.1, 0.15) is 48.5 Å². The number of hydrogen-bond donors (Lipinski definition) is 0. The average molecular weight is 390 g/mol. The molecule has 142 valence electrons. The van der Waals surface area contributed by atoms with E-state index in [0.29, 0.717) is 5.17 Å². The zero-order valence-corrected chi connectivity index (χ0v) is 17.9. The van der Waals surface area contributed by atoms with E-state index in [1.165, 1.54) is 28.0 Å². The van der Waals surface area contributed by atoms with Gasteiger partial charge in [0.15, 0.2) is 5.78 Å². The monoisotopic (exact) mass is 389 g/mol. The molecule has 1 saturated heterocycles. The molecule has 0 atom stereocenters. The van der Waals surface area contributed by atoms with Gasteiger partial charge < -0.3 is 0 Å². The number of Topliss-reactive ketones (excluding diaryl/α,β-unsaturated/α-hetero) is 1. The van der Waals surface area contributed by atoms with Gasteiger partial charge in [-0.3, -0.25) is 23.6 Å². The highest BCUT2D eigenvalue weighted by molar-refractivity contribution is 8.16. The number of amides is 2. The van der Waals surface area contributed by atoms with Gasteiger partial charge in [0.05, 0.1) is 9.49 Å². The van der Waals surface area contributed by atoms with Crippen LogP contribution < -0.4 is 0 Å². The highest BCUT2D eigenvalue weighted by atomic mass is 32.2. The van der Waals surface area contributed by atoms with Crippen LogP contribution in [0.4, 0.5) is 4.79 Å². The lowest BCUT2D eigenvalue weighted by Crippen LogP contribution is -2.41. The first-order valence-electron chi connectivity index (χ1n) is 7.83. The summed E-state index contributed by atoms with van der Waals surface area (Å²) >= 11 is 2.31. The van der Waals surface area contributed by atoms with Gasteiger partial charge in [-0.1, -0.05) is 32.5 Å². The molecular formula is C16H27N3O4S2. The third-order valence-corrected chi connectivity index (χ3v) is 5.79. The Morgan fingerprint density at radius 1 is 1.24 bits per heavy atom. The number of carbonyl (C=O) groups excluding carboxylic acids is 3. The lowest BCUT2D eigenvalue weighted by molar-refractivity contribution is -0.128. The van der Waals surface area contributed by atoms with E-state index < -0.39 is 21.0 Å². The molecule has 0 saturated carbocycles. The van der Waals surface area contributed by atoms with Crippen LogP contribution in [0.3, 0.4) is 0 Å². The lowest BCUT2D eigenvalue weighted by Gasteiger charge is -2.32. The number of thioether (sulfide) groups is 1. The predicted octanol–water partition coefficient (Wildman–Crippen LogP) is 3.35. The van der Waals surface area contributed by atoms with E-state index in [1.54, 1.807) is 34.7 Å². The van der Waals surface area contributed by atoms with Crippen LogP contribution in [0.5, 0.6) is 0 Å². The van der Waals surface area contributed by atoms with Crippen molar-refractivity contribution < 1.29 is 19.2 Å². The first-order valence-corrected chi connectivity index (χ1v) is 9.42. The van der Waals surface area contributed by atoms with Gasteiger partial charge >= 0.3 is 6.09 Å². The number of oxime groups is 1. The zero-order chi connectivity index (χ0) is 19.8. The standard InChI is InChI=1S/C16H27N3O4S2/c1-14(2,3)10(20)15(4,5)25-19(9)13(22)23-17-12-18(8)11(21)16(6,7)24-12/h1-9H3. The second-order valence-electron chi connectivity index (χ2n) is 7.89. The molecule has 0 radical (unpaired) electrons. The van der Waals surface area contributed by atoms with E-state index >= 15 is 0 Å². The smallest absolute Gasteiger partial charge is 0.297 e. The molecule has 25 heavy (non-hydrogen) atoms. The van der Waals surface area contributed by atoms with E-state index in [-0.39, 0.29) is 11.7 Å². The summed E-state index contributed by atoms with van der Waals surface area (Å²) in [6.45, 7) is 12.6. The van der Waals surface area contributed by atoms with Crippen LogP contribution in [0.2, 0.25) is 0 Å². The van der Waals surface area contributed by atoms with Gasteiger partial charge in [0, 0.05) is 19.5 Å². The summed E-state index contributed by atoms with van der Waals surface area (Å²) in [6.07, 6.45) is -0.710. The van der Waals surface area contributed by atoms with E-state index in [2.05, 4.69) is 5.16 Å². The Labute approximate surface area is 158 Å². The molecule has 0 aromatic carbocycles. The number of hydrogen-bond acceptors (Lipinski definition) is 7. The van der Waals surface area contributed by atoms with E-state index in [0.717, 1.165) is 11.9 Å². The second-order valence-corrected chi connectivity index (χ2v) is 11.2. The van der Waals surface area contributed by atoms with Crippen molar-refractivity contribution in [3.05, 3.63) is 0 Å². The van der Waals surface area contributed by atoms with Crippen molar-refractivity contribution in [3.63, 3.8) is 0 Å². The molecule has 1 rings (SSSR count). The molecule has 0 aromatic rings. The van der Waals surface area contributed by atoms with Crippen LogP contribution in [0.15, 0.2) is 5.16 Å². The maximum Gasteiger partial charge on any atom is 0.445 e. The minimum Gasteiger partial charge on any atom is -0.297 e. The number of ketones is 1. The fourth-order valence-corrected chi connectivity index (χ4v) is 4.53. The molecule has 1 aliphatic rings. The lowest BCUT2D eigenvalue weighted by atomic mass is 9.84. The molecule has 0 aromatic heterocycles. The summed E-state index contributed by atoms with van der Waals surface area (Å²) in [5, 5.41) is 4.12. The van der Waals surface area contributed by atoms with E-state index in [1.807, 2.05) is 20.8 Å². The van der Waals surface area contributed by atoms with Crippen molar-refractivity contribution in [2.24, 2.45) is 10.6 Å². The molecule has 0 spiro atoms. The van der Waals surface area contributed by atoms with Gasteiger partial charge in [0.2, 0.25) is 11.1 Å². The van der Waals surface area contributed by atoms with Gasteiger partial charge in [0.25, 0.3) is 0 Å². The molecule has 1 fully saturated rings. The van der Waals surface area contributed by atoms with Gasteiger partial charge in [-0.2, -0.15) is 0 Å². The molecule has 0 bridgehead atoms. The molecule has 1 aliphatic heterocycles. The maximum absolute atomic E-state index is 12.5. The van der Waals surface area contributed by atoms with E-state index in [9.17, 15) is 14.4 Å². The Morgan fingerprint density at radius 2 is 1.76 bits per heavy atom. The Morgan fingerprint density at radius 3 is 2.16 bits per heavy atom. The van der Waals surface area contributed by atoms with Gasteiger partial charge in [0.1, 0.15) is 0 Å². The molecular weight excluding hydrogens is 362 g/mol. The summed E-state index contributed by atoms with van der Waals surface area (Å²) in [6, 6.07) is 0. The summed E-state index contributed by atoms with van der Waals surface area (Å²) < 4.78 is -0.196. The Balaban J connectivity index is 2.74. The topological polar surface area (TPSA) is 79.3 Å². The number of amidine groups is 1. The Hall–Kier alpha value is -1.22. The van der Waals surface area contributed by atoms with Crippen molar-refractivity contribution in [3.8, 4) is 0 Å². The molecule has 9 heteroatoms. The molecule has 0 unspecified atom stereocenters. The van der Waals surface area contributed by atoms with Gasteiger partial charge in [-0.15, -0.1) is 0 Å². The van der Waals surface area contributed by atoms with Crippen LogP contribution in [-0.2, 0) is 14.4 Å². The molecule has 0 aliphatic carbocycles. The van der Waals surface area contributed by atoms with Crippen LogP contribution in [0.25, 0.3) is 0 Å². The van der Waals surface area contributed by atoms with Crippen LogP contribution in [0, 0.1) is 5.41 Å². The highest BCUT2D eigenvalue weighted by Crippen LogP contribution is 2.37. The first kappa shape index (κ1) is 21.8. The highest BCUT2D eigenvalue weighted by Gasteiger charge is 2.43. The SMILES string of the molecule is CN(SC(C)(C)C(=O)C(C)(C)C)C(=O)ON=C1SC(C)(C)C(=O)N1C. The maximum atomic E-state index is 12.5. The number of nitrogens with zero attached hydrogens (tertiary/aromatic N) is 3. The molecule has 2 amide bonds. The third-order valence-electron chi connectivity index (χ3n) is 3.51. The first-order chi connectivity index (χ1) is 11.1. The van der Waals surface area contributed by atoms with Gasteiger partial charge in [-0.25, -0.2) is 4.79 Å². The van der Waals surface area contributed by atoms with Crippen molar-refractivity contribution in [2.45, 2.75) is 58.0 Å². The number of carbonyl (C=O) groups is 3. The number of rotatable bonds is 4. The fourth-order valence-electron chi connectivity index (χ4n) is 2.37. The van der Waals surface area contributed by atoms with Crippen molar-refractivity contribution in [1.82, 2.24) is 9.21 Å². The summed E-state index contributed by atoms with van der Waals surface area (Å²) in [5.74, 6) is -0.0821. The molecule has 7 nitrogen and oxygen atoms in total. The van der Waals surface area contributed by atoms with Gasteiger partial charge in [-0.05, 0) is 44.8 Å². The Bertz CT molecular complexity index is 609. The Kier molecular flexibility index (Phi) is 6.27. The minimum atomic E-state index is -0.796. The van der Waals surface area contributed by atoms with E-state index in [4.69, 9.17) is 4.84 Å². The summed E-state index contributed by atoms with van der Waals surface area (Å²) in [5.41, 5.74) is -0.517. The average Bonchev–Trinajstić information content (AvgIpc) is 2.65. The fraction of sp³-hybridized carbons (Fsp3) is 0.750. The third kappa shape index (κ3) is 5.13.